The standard InChI is InChI=1S/C13H14N4OS/c1-7(2)13-15-9(6-19-13)11-16-10-8(12(18)17-11)4-3-5-14-10/h3-7,11H,1-2H3,(H,14,16)(H,17,18)/t11-/m0/s1. The number of hydrogen-bond acceptors (Lipinski definition) is 5. The van der Waals surface area contributed by atoms with Crippen LogP contribution in [-0.2, 0) is 0 Å². The van der Waals surface area contributed by atoms with Gasteiger partial charge in [0.2, 0.25) is 0 Å². The molecule has 19 heavy (non-hydrogen) atoms. The van der Waals surface area contributed by atoms with E-state index in [1.165, 1.54) is 0 Å². The molecule has 0 saturated carbocycles. The predicted molar refractivity (Wildman–Crippen MR) is 74.3 cm³/mol. The van der Waals surface area contributed by atoms with Crippen molar-refractivity contribution in [3.8, 4) is 0 Å². The molecule has 5 nitrogen and oxygen atoms in total. The van der Waals surface area contributed by atoms with Crippen LogP contribution in [0.3, 0.4) is 0 Å². The number of thiazole rings is 1. The second-order valence-electron chi connectivity index (χ2n) is 4.72. The van der Waals surface area contributed by atoms with Gasteiger partial charge < -0.3 is 10.6 Å². The fraction of sp³-hybridized carbons (Fsp3) is 0.308. The molecule has 0 aromatic carbocycles. The summed E-state index contributed by atoms with van der Waals surface area (Å²) in [4.78, 5) is 20.7. The van der Waals surface area contributed by atoms with Crippen molar-refractivity contribution in [3.63, 3.8) is 0 Å². The topological polar surface area (TPSA) is 66.9 Å². The molecule has 0 radical (unpaired) electrons. The van der Waals surface area contributed by atoms with E-state index in [4.69, 9.17) is 0 Å². The minimum atomic E-state index is -0.307. The maximum absolute atomic E-state index is 12.0. The average Bonchev–Trinajstić information content (AvgIpc) is 2.88. The lowest BCUT2D eigenvalue weighted by molar-refractivity contribution is 0.0934. The van der Waals surface area contributed by atoms with Gasteiger partial charge in [0, 0.05) is 17.5 Å². The van der Waals surface area contributed by atoms with E-state index in [9.17, 15) is 4.79 Å². The first-order valence-corrected chi connectivity index (χ1v) is 7.01. The molecule has 1 amide bonds. The van der Waals surface area contributed by atoms with Crippen molar-refractivity contribution >= 4 is 23.1 Å². The minimum absolute atomic E-state index is 0.119. The number of carbonyl (C=O) groups excluding carboxylic acids is 1. The summed E-state index contributed by atoms with van der Waals surface area (Å²) in [5.74, 6) is 0.879. The first kappa shape index (κ1) is 12.1. The van der Waals surface area contributed by atoms with E-state index >= 15 is 0 Å². The first-order valence-electron chi connectivity index (χ1n) is 6.13. The zero-order valence-corrected chi connectivity index (χ0v) is 11.5. The third-order valence-electron chi connectivity index (χ3n) is 2.94. The van der Waals surface area contributed by atoms with Crippen LogP contribution in [0.2, 0.25) is 0 Å². The molecule has 0 saturated heterocycles. The van der Waals surface area contributed by atoms with Crippen molar-refractivity contribution in [2.45, 2.75) is 25.9 Å². The molecule has 98 valence electrons. The molecule has 1 aliphatic rings. The van der Waals surface area contributed by atoms with Crippen molar-refractivity contribution in [1.29, 1.82) is 0 Å². The van der Waals surface area contributed by atoms with E-state index < -0.39 is 0 Å². The monoisotopic (exact) mass is 274 g/mol. The number of nitrogens with zero attached hydrogens (tertiary/aromatic N) is 2. The number of pyridine rings is 1. The van der Waals surface area contributed by atoms with Crippen LogP contribution < -0.4 is 10.6 Å². The van der Waals surface area contributed by atoms with Gasteiger partial charge in [-0.15, -0.1) is 11.3 Å². The van der Waals surface area contributed by atoms with E-state index in [0.717, 1.165) is 10.7 Å². The van der Waals surface area contributed by atoms with Gasteiger partial charge in [-0.1, -0.05) is 13.8 Å². The van der Waals surface area contributed by atoms with E-state index in [1.54, 1.807) is 29.7 Å². The lowest BCUT2D eigenvalue weighted by Gasteiger charge is -2.25. The van der Waals surface area contributed by atoms with Gasteiger partial charge in [-0.25, -0.2) is 9.97 Å². The van der Waals surface area contributed by atoms with E-state index in [-0.39, 0.29) is 12.1 Å². The molecule has 0 spiro atoms. The fourth-order valence-corrected chi connectivity index (χ4v) is 2.79. The Morgan fingerprint density at radius 3 is 2.95 bits per heavy atom. The Balaban J connectivity index is 1.90. The zero-order valence-electron chi connectivity index (χ0n) is 10.7. The number of anilines is 1. The molecule has 2 N–H and O–H groups in total. The highest BCUT2D eigenvalue weighted by Gasteiger charge is 2.26. The smallest absolute Gasteiger partial charge is 0.256 e. The Hall–Kier alpha value is -1.95. The lowest BCUT2D eigenvalue weighted by Crippen LogP contribution is -2.39. The van der Waals surface area contributed by atoms with Gasteiger partial charge in [0.25, 0.3) is 5.91 Å². The normalized spacial score (nSPS) is 17.8. The summed E-state index contributed by atoms with van der Waals surface area (Å²) in [5, 5.41) is 9.13. The van der Waals surface area contributed by atoms with Crippen LogP contribution in [0.25, 0.3) is 0 Å². The number of aromatic nitrogens is 2. The van der Waals surface area contributed by atoms with Crippen molar-refractivity contribution in [2.24, 2.45) is 0 Å². The van der Waals surface area contributed by atoms with Crippen LogP contribution >= 0.6 is 11.3 Å². The van der Waals surface area contributed by atoms with Crippen LogP contribution in [0.5, 0.6) is 0 Å². The number of hydrogen-bond donors (Lipinski definition) is 2. The van der Waals surface area contributed by atoms with Gasteiger partial charge in [-0.2, -0.15) is 0 Å². The maximum atomic E-state index is 12.0. The second kappa shape index (κ2) is 4.62. The van der Waals surface area contributed by atoms with Crippen molar-refractivity contribution in [1.82, 2.24) is 15.3 Å². The molecule has 0 bridgehead atoms. The Morgan fingerprint density at radius 2 is 2.21 bits per heavy atom. The molecular formula is C13H14N4OS. The molecule has 2 aromatic rings. The number of fused-ring (bicyclic) bond motifs is 1. The second-order valence-corrected chi connectivity index (χ2v) is 5.61. The summed E-state index contributed by atoms with van der Waals surface area (Å²) in [6.07, 6.45) is 1.36. The molecule has 0 aliphatic carbocycles. The molecule has 6 heteroatoms. The van der Waals surface area contributed by atoms with Crippen molar-refractivity contribution in [3.05, 3.63) is 40.0 Å². The summed E-state index contributed by atoms with van der Waals surface area (Å²) < 4.78 is 0. The summed E-state index contributed by atoms with van der Waals surface area (Å²) in [6.45, 7) is 4.21. The highest BCUT2D eigenvalue weighted by Crippen LogP contribution is 2.27. The van der Waals surface area contributed by atoms with Crippen LogP contribution in [0, 0.1) is 0 Å². The third kappa shape index (κ3) is 2.19. The number of rotatable bonds is 2. The summed E-state index contributed by atoms with van der Waals surface area (Å²) >= 11 is 1.61. The van der Waals surface area contributed by atoms with Crippen LogP contribution in [0.1, 0.15) is 47.0 Å². The zero-order chi connectivity index (χ0) is 13.4. The predicted octanol–water partition coefficient (Wildman–Crippen LogP) is 2.52. The minimum Gasteiger partial charge on any atom is -0.344 e. The first-order chi connectivity index (χ1) is 9.15. The summed E-state index contributed by atoms with van der Waals surface area (Å²) in [6, 6.07) is 3.50. The molecule has 2 aromatic heterocycles. The lowest BCUT2D eigenvalue weighted by atomic mass is 10.1. The molecule has 3 rings (SSSR count). The fourth-order valence-electron chi connectivity index (χ4n) is 1.93. The SMILES string of the molecule is CC(C)c1nc([C@@H]2NC(=O)c3cccnc3N2)cs1. The highest BCUT2D eigenvalue weighted by molar-refractivity contribution is 7.09. The van der Waals surface area contributed by atoms with Crippen molar-refractivity contribution < 1.29 is 4.79 Å². The van der Waals surface area contributed by atoms with Crippen molar-refractivity contribution in [2.75, 3.05) is 5.32 Å². The molecule has 0 fully saturated rings. The largest absolute Gasteiger partial charge is 0.344 e. The summed E-state index contributed by atoms with van der Waals surface area (Å²) in [5.41, 5.74) is 1.40. The Bertz CT molecular complexity index is 623. The Kier molecular flexibility index (Phi) is 2.94. The van der Waals surface area contributed by atoms with Crippen LogP contribution in [0.15, 0.2) is 23.7 Å². The van der Waals surface area contributed by atoms with E-state index in [0.29, 0.717) is 17.3 Å². The third-order valence-corrected chi connectivity index (χ3v) is 4.10. The van der Waals surface area contributed by atoms with E-state index in [2.05, 4.69) is 34.4 Å². The van der Waals surface area contributed by atoms with Crippen LogP contribution in [0.4, 0.5) is 5.82 Å². The summed E-state index contributed by atoms with van der Waals surface area (Å²) in [7, 11) is 0. The molecule has 0 unspecified atom stereocenters. The molecule has 1 aliphatic heterocycles. The molecule has 1 atom stereocenters. The highest BCUT2D eigenvalue weighted by atomic mass is 32.1. The van der Waals surface area contributed by atoms with E-state index in [1.807, 2.05) is 5.38 Å². The maximum Gasteiger partial charge on any atom is 0.256 e. The number of amides is 1. The number of nitrogens with one attached hydrogen (secondary N) is 2. The molecule has 3 heterocycles. The quantitative estimate of drug-likeness (QED) is 0.883. The molecular weight excluding hydrogens is 260 g/mol. The van der Waals surface area contributed by atoms with Gasteiger partial charge in [-0.3, -0.25) is 4.79 Å². The Morgan fingerprint density at radius 1 is 1.37 bits per heavy atom. The van der Waals surface area contributed by atoms with Gasteiger partial charge in [0.1, 0.15) is 12.0 Å². The van der Waals surface area contributed by atoms with Gasteiger partial charge in [0.15, 0.2) is 0 Å². The van der Waals surface area contributed by atoms with Gasteiger partial charge in [0.05, 0.1) is 16.3 Å². The Labute approximate surface area is 115 Å². The average molecular weight is 274 g/mol. The van der Waals surface area contributed by atoms with Gasteiger partial charge >= 0.3 is 0 Å². The van der Waals surface area contributed by atoms with Gasteiger partial charge in [-0.05, 0) is 12.1 Å². The number of carbonyl (C=O) groups is 1. The van der Waals surface area contributed by atoms with Crippen LogP contribution in [-0.4, -0.2) is 15.9 Å².